The zero-order valence-electron chi connectivity index (χ0n) is 12.1. The van der Waals surface area contributed by atoms with Gasteiger partial charge in [0.15, 0.2) is 0 Å². The summed E-state index contributed by atoms with van der Waals surface area (Å²) in [6, 6.07) is 2.71. The Morgan fingerprint density at radius 2 is 2.08 bits per heavy atom. The number of aliphatic carboxylic acids is 1. The van der Waals surface area contributed by atoms with Crippen molar-refractivity contribution in [3.8, 4) is 17.6 Å². The smallest absolute Gasteiger partial charge is 0.430 e. The van der Waals surface area contributed by atoms with E-state index in [1.54, 1.807) is 0 Å². The van der Waals surface area contributed by atoms with Crippen LogP contribution in [0.4, 0.5) is 13.2 Å². The standard InChI is InChI=1S/C16H11Cl2F3O3/c17-5-3-1-2-4-9-6-11(18)7-10-8-12(15(22)23)14(16(19,20)21)24-13(9)10/h6-8,14H,1,3,5H2,(H,22,23). The zero-order chi connectivity index (χ0) is 17.9. The minimum atomic E-state index is -4.87. The SMILES string of the molecule is O=C(O)C1=Cc2cc(Cl)cc(C#CCCCCl)c2OC1C(F)(F)F. The number of hydrogen-bond donors (Lipinski definition) is 1. The number of carbonyl (C=O) groups is 1. The summed E-state index contributed by atoms with van der Waals surface area (Å²) >= 11 is 11.5. The quantitative estimate of drug-likeness (QED) is 0.478. The number of hydrogen-bond acceptors (Lipinski definition) is 2. The molecule has 0 aliphatic carbocycles. The molecule has 0 amide bonds. The predicted molar refractivity (Wildman–Crippen MR) is 84.4 cm³/mol. The van der Waals surface area contributed by atoms with Crippen molar-refractivity contribution in [2.24, 2.45) is 0 Å². The van der Waals surface area contributed by atoms with E-state index in [0.29, 0.717) is 18.7 Å². The van der Waals surface area contributed by atoms with Crippen molar-refractivity contribution in [3.05, 3.63) is 33.9 Å². The van der Waals surface area contributed by atoms with Gasteiger partial charge in [-0.1, -0.05) is 23.4 Å². The minimum absolute atomic E-state index is 0.134. The highest BCUT2D eigenvalue weighted by molar-refractivity contribution is 6.31. The van der Waals surface area contributed by atoms with Gasteiger partial charge in [-0.2, -0.15) is 13.2 Å². The van der Waals surface area contributed by atoms with Crippen molar-refractivity contribution in [2.45, 2.75) is 25.1 Å². The molecular weight excluding hydrogens is 368 g/mol. The van der Waals surface area contributed by atoms with Gasteiger partial charge < -0.3 is 9.84 Å². The van der Waals surface area contributed by atoms with E-state index < -0.39 is 23.8 Å². The molecule has 3 nitrogen and oxygen atoms in total. The van der Waals surface area contributed by atoms with Crippen molar-refractivity contribution in [3.63, 3.8) is 0 Å². The normalized spacial score (nSPS) is 16.4. The van der Waals surface area contributed by atoms with E-state index >= 15 is 0 Å². The van der Waals surface area contributed by atoms with E-state index in [9.17, 15) is 18.0 Å². The van der Waals surface area contributed by atoms with Crippen LogP contribution in [0.2, 0.25) is 5.02 Å². The van der Waals surface area contributed by atoms with Crippen molar-refractivity contribution in [1.29, 1.82) is 0 Å². The molecule has 1 aromatic carbocycles. The molecule has 0 bridgehead atoms. The van der Waals surface area contributed by atoms with E-state index in [1.807, 2.05) is 0 Å². The second kappa shape index (κ2) is 7.37. The number of ether oxygens (including phenoxy) is 1. The molecule has 0 fully saturated rings. The summed E-state index contributed by atoms with van der Waals surface area (Å²) < 4.78 is 44.3. The van der Waals surface area contributed by atoms with Gasteiger partial charge >= 0.3 is 12.1 Å². The fraction of sp³-hybridized carbons (Fsp3) is 0.312. The lowest BCUT2D eigenvalue weighted by Crippen LogP contribution is -2.40. The van der Waals surface area contributed by atoms with Gasteiger partial charge in [-0.25, -0.2) is 4.79 Å². The number of carboxylic acid groups (broad SMARTS) is 1. The van der Waals surface area contributed by atoms with E-state index in [-0.39, 0.29) is 21.9 Å². The number of halogens is 5. The second-order valence-corrected chi connectivity index (χ2v) is 5.72. The van der Waals surface area contributed by atoms with E-state index in [0.717, 1.165) is 6.08 Å². The number of benzene rings is 1. The molecule has 2 rings (SSSR count). The Balaban J connectivity index is 2.52. The lowest BCUT2D eigenvalue weighted by Gasteiger charge is -2.27. The Bertz CT molecular complexity index is 745. The number of carboxylic acids is 1. The van der Waals surface area contributed by atoms with Crippen LogP contribution in [0.1, 0.15) is 24.0 Å². The molecule has 0 saturated heterocycles. The van der Waals surface area contributed by atoms with Gasteiger partial charge in [-0.15, -0.1) is 11.6 Å². The molecular formula is C16H11Cl2F3O3. The van der Waals surface area contributed by atoms with Crippen molar-refractivity contribution < 1.29 is 27.8 Å². The first-order valence-electron chi connectivity index (χ1n) is 6.80. The molecule has 0 saturated carbocycles. The Hall–Kier alpha value is -1.84. The fourth-order valence-electron chi connectivity index (χ4n) is 2.10. The molecule has 0 radical (unpaired) electrons. The molecule has 0 aromatic heterocycles. The first-order valence-corrected chi connectivity index (χ1v) is 7.72. The van der Waals surface area contributed by atoms with E-state index in [4.69, 9.17) is 33.0 Å². The first kappa shape index (κ1) is 18.5. The van der Waals surface area contributed by atoms with Gasteiger partial charge in [0.05, 0.1) is 11.1 Å². The molecule has 0 spiro atoms. The van der Waals surface area contributed by atoms with Gasteiger partial charge in [0, 0.05) is 22.9 Å². The van der Waals surface area contributed by atoms with Gasteiger partial charge in [0.1, 0.15) is 5.75 Å². The van der Waals surface area contributed by atoms with Crippen LogP contribution in [0.5, 0.6) is 5.75 Å². The highest BCUT2D eigenvalue weighted by Crippen LogP contribution is 2.40. The highest BCUT2D eigenvalue weighted by Gasteiger charge is 2.48. The van der Waals surface area contributed by atoms with E-state index in [2.05, 4.69) is 11.8 Å². The molecule has 128 valence electrons. The largest absolute Gasteiger partial charge is 0.478 e. The third kappa shape index (κ3) is 4.16. The summed E-state index contributed by atoms with van der Waals surface area (Å²) in [4.78, 5) is 11.1. The highest BCUT2D eigenvalue weighted by atomic mass is 35.5. The predicted octanol–water partition coefficient (Wildman–Crippen LogP) is 4.50. The van der Waals surface area contributed by atoms with Crippen LogP contribution in [0, 0.1) is 11.8 Å². The maximum atomic E-state index is 13.1. The van der Waals surface area contributed by atoms with Gasteiger partial charge in [0.2, 0.25) is 6.10 Å². The molecule has 1 aliphatic rings. The molecule has 8 heteroatoms. The topological polar surface area (TPSA) is 46.5 Å². The molecule has 1 unspecified atom stereocenters. The number of fused-ring (bicyclic) bond motifs is 1. The van der Waals surface area contributed by atoms with Crippen molar-refractivity contribution in [1.82, 2.24) is 0 Å². The third-order valence-corrected chi connectivity index (χ3v) is 3.60. The van der Waals surface area contributed by atoms with E-state index in [1.165, 1.54) is 12.1 Å². The van der Waals surface area contributed by atoms with Crippen LogP contribution in [0.15, 0.2) is 17.7 Å². The Labute approximate surface area is 146 Å². The molecule has 24 heavy (non-hydrogen) atoms. The van der Waals surface area contributed by atoms with Crippen LogP contribution in [0.3, 0.4) is 0 Å². The summed E-state index contributed by atoms with van der Waals surface area (Å²) in [5.41, 5.74) is -0.595. The monoisotopic (exact) mass is 378 g/mol. The third-order valence-electron chi connectivity index (χ3n) is 3.11. The van der Waals surface area contributed by atoms with Crippen LogP contribution >= 0.6 is 23.2 Å². The van der Waals surface area contributed by atoms with Gasteiger partial charge in [-0.05, 0) is 24.6 Å². The molecule has 1 aliphatic heterocycles. The average molecular weight is 379 g/mol. The molecule has 1 aromatic rings. The van der Waals surface area contributed by atoms with Crippen LogP contribution < -0.4 is 4.74 Å². The minimum Gasteiger partial charge on any atom is -0.478 e. The Morgan fingerprint density at radius 3 is 2.67 bits per heavy atom. The summed E-state index contributed by atoms with van der Waals surface area (Å²) in [5, 5.41) is 9.23. The second-order valence-electron chi connectivity index (χ2n) is 4.91. The molecule has 1 N–H and O–H groups in total. The summed E-state index contributed by atoms with van der Waals surface area (Å²) in [6.07, 6.45) is -5.43. The van der Waals surface area contributed by atoms with Crippen LogP contribution in [-0.2, 0) is 4.79 Å². The lowest BCUT2D eigenvalue weighted by molar-refractivity contribution is -0.187. The number of rotatable bonds is 3. The van der Waals surface area contributed by atoms with Gasteiger partial charge in [-0.3, -0.25) is 0 Å². The Kier molecular flexibility index (Phi) is 5.68. The number of unbranched alkanes of at least 4 members (excludes halogenated alkanes) is 1. The maximum Gasteiger partial charge on any atom is 0.430 e. The van der Waals surface area contributed by atoms with Crippen molar-refractivity contribution >= 4 is 35.2 Å². The summed E-state index contributed by atoms with van der Waals surface area (Å²) in [5.74, 6) is 4.05. The maximum absolute atomic E-state index is 13.1. The Morgan fingerprint density at radius 1 is 1.38 bits per heavy atom. The van der Waals surface area contributed by atoms with Crippen LogP contribution in [-0.4, -0.2) is 29.2 Å². The zero-order valence-corrected chi connectivity index (χ0v) is 13.6. The molecule has 1 atom stereocenters. The summed E-state index contributed by atoms with van der Waals surface area (Å²) in [7, 11) is 0. The number of alkyl halides is 4. The van der Waals surface area contributed by atoms with Crippen LogP contribution in [0.25, 0.3) is 6.08 Å². The average Bonchev–Trinajstić information content (AvgIpc) is 2.49. The van der Waals surface area contributed by atoms with Crippen molar-refractivity contribution in [2.75, 3.05) is 5.88 Å². The summed E-state index contributed by atoms with van der Waals surface area (Å²) in [6.45, 7) is 0. The lowest BCUT2D eigenvalue weighted by atomic mass is 9.99. The van der Waals surface area contributed by atoms with Gasteiger partial charge in [0.25, 0.3) is 0 Å². The molecule has 1 heterocycles. The first-order chi connectivity index (χ1) is 11.2. The fourth-order valence-corrected chi connectivity index (χ4v) is 2.46.